The molecule has 1 aliphatic carbocycles. The van der Waals surface area contributed by atoms with E-state index >= 15 is 0 Å². The molecular weight excluding hydrogens is 404 g/mol. The van der Waals surface area contributed by atoms with E-state index in [0.29, 0.717) is 29.6 Å². The number of carbonyl (C=O) groups is 1. The van der Waals surface area contributed by atoms with E-state index in [1.54, 1.807) is 31.2 Å². The van der Waals surface area contributed by atoms with E-state index in [0.717, 1.165) is 24.7 Å². The second-order valence-electron chi connectivity index (χ2n) is 7.74. The van der Waals surface area contributed by atoms with Gasteiger partial charge in [-0.25, -0.2) is 18.4 Å². The van der Waals surface area contributed by atoms with E-state index in [2.05, 4.69) is 20.4 Å². The lowest BCUT2D eigenvalue weighted by molar-refractivity contribution is -0.118. The zero-order valence-corrected chi connectivity index (χ0v) is 17.9. The lowest BCUT2D eigenvalue weighted by atomic mass is 9.87. The Labute approximate surface area is 176 Å². The van der Waals surface area contributed by atoms with E-state index in [4.69, 9.17) is 5.21 Å². The molecule has 0 saturated heterocycles. The first-order valence-electron chi connectivity index (χ1n) is 9.90. The fourth-order valence-corrected chi connectivity index (χ4v) is 4.40. The third kappa shape index (κ3) is 5.41. The Kier molecular flexibility index (Phi) is 6.81. The van der Waals surface area contributed by atoms with Crippen molar-refractivity contribution in [3.8, 4) is 0 Å². The lowest BCUT2D eigenvalue weighted by Gasteiger charge is -2.20. The smallest absolute Gasteiger partial charge is 0.233 e. The maximum absolute atomic E-state index is 13.1. The highest BCUT2D eigenvalue weighted by molar-refractivity contribution is 7.90. The molecule has 0 unspecified atom stereocenters. The number of nitrogens with zero attached hydrogens (tertiary/aromatic N) is 3. The summed E-state index contributed by atoms with van der Waals surface area (Å²) in [5.41, 5.74) is 1.51. The van der Waals surface area contributed by atoms with Crippen LogP contribution >= 0.6 is 0 Å². The quantitative estimate of drug-likeness (QED) is 0.394. The second-order valence-corrected chi connectivity index (χ2v) is 9.76. The minimum absolute atomic E-state index is 0.205. The average molecular weight is 431 g/mol. The predicted molar refractivity (Wildman–Crippen MR) is 114 cm³/mol. The molecular formula is C21H26N4O4S. The number of benzene rings is 1. The second kappa shape index (κ2) is 9.34. The lowest BCUT2D eigenvalue weighted by Crippen LogP contribution is -2.24. The molecule has 9 heteroatoms. The number of carbonyl (C=O) groups excluding carboxylic acids is 1. The molecule has 1 saturated carbocycles. The molecule has 0 aliphatic heterocycles. The third-order valence-corrected chi connectivity index (χ3v) is 6.62. The van der Waals surface area contributed by atoms with Crippen LogP contribution in [-0.4, -0.2) is 41.5 Å². The summed E-state index contributed by atoms with van der Waals surface area (Å²) >= 11 is 0. The number of sulfone groups is 1. The zero-order valence-electron chi connectivity index (χ0n) is 17.1. The van der Waals surface area contributed by atoms with Gasteiger partial charge in [0.2, 0.25) is 5.91 Å². The Morgan fingerprint density at radius 3 is 2.40 bits per heavy atom. The maximum Gasteiger partial charge on any atom is 0.233 e. The number of anilines is 1. The van der Waals surface area contributed by atoms with E-state index in [-0.39, 0.29) is 10.8 Å². The molecule has 0 radical (unpaired) electrons. The summed E-state index contributed by atoms with van der Waals surface area (Å²) in [7, 11) is -3.30. The van der Waals surface area contributed by atoms with Gasteiger partial charge in [-0.1, -0.05) is 43.0 Å². The van der Waals surface area contributed by atoms with Crippen LogP contribution in [0.2, 0.25) is 0 Å². The Balaban J connectivity index is 1.81. The van der Waals surface area contributed by atoms with Crippen molar-refractivity contribution >= 4 is 27.3 Å². The topological polar surface area (TPSA) is 122 Å². The van der Waals surface area contributed by atoms with E-state index in [1.165, 1.54) is 25.2 Å². The van der Waals surface area contributed by atoms with Crippen molar-refractivity contribution in [3.63, 3.8) is 0 Å². The Morgan fingerprint density at radius 2 is 1.87 bits per heavy atom. The molecule has 8 nitrogen and oxygen atoms in total. The summed E-state index contributed by atoms with van der Waals surface area (Å²) in [5.74, 6) is 0.151. The summed E-state index contributed by atoms with van der Waals surface area (Å²) in [6, 6.07) is 6.52. The predicted octanol–water partition coefficient (Wildman–Crippen LogP) is 3.38. The maximum atomic E-state index is 13.1. The Morgan fingerprint density at radius 1 is 1.20 bits per heavy atom. The number of hydrogen-bond acceptors (Lipinski definition) is 7. The summed E-state index contributed by atoms with van der Waals surface area (Å²) in [6.07, 6.45) is 9.25. The van der Waals surface area contributed by atoms with Gasteiger partial charge in [-0.2, -0.15) is 0 Å². The highest BCUT2D eigenvalue weighted by Gasteiger charge is 2.27. The van der Waals surface area contributed by atoms with Gasteiger partial charge < -0.3 is 10.5 Å². The molecule has 2 aromatic rings. The average Bonchev–Trinajstić information content (AvgIpc) is 3.25. The van der Waals surface area contributed by atoms with Gasteiger partial charge in [-0.3, -0.25) is 4.79 Å². The highest BCUT2D eigenvalue weighted by atomic mass is 32.2. The van der Waals surface area contributed by atoms with Crippen molar-refractivity contribution in [2.45, 2.75) is 49.8 Å². The largest absolute Gasteiger partial charge is 0.411 e. The van der Waals surface area contributed by atoms with Crippen LogP contribution in [0.1, 0.15) is 56.2 Å². The van der Waals surface area contributed by atoms with Gasteiger partial charge in [0.25, 0.3) is 0 Å². The number of hydrogen-bond donors (Lipinski definition) is 2. The number of nitrogens with one attached hydrogen (secondary N) is 1. The van der Waals surface area contributed by atoms with Crippen LogP contribution in [0.15, 0.2) is 46.7 Å². The van der Waals surface area contributed by atoms with E-state index in [9.17, 15) is 13.2 Å². The molecule has 0 spiro atoms. The SMILES string of the molecule is C/C(=N\O)c1cnc(NC(=O)[C@H](CC2CCCC2)c2ccc(S(C)(=O)=O)cc2)cn1. The standard InChI is InChI=1S/C21H26N4O4S/c1-14(25-27)19-12-23-20(13-22-19)24-21(26)18(11-15-5-3-4-6-15)16-7-9-17(10-8-16)30(2,28)29/h7-10,12-13,15,18,27H,3-6,11H2,1-2H3,(H,23,24,26)/b25-14+/t18-/m1/s1. The third-order valence-electron chi connectivity index (χ3n) is 5.49. The number of rotatable bonds is 7. The van der Waals surface area contributed by atoms with Gasteiger partial charge in [-0.15, -0.1) is 0 Å². The van der Waals surface area contributed by atoms with Crippen LogP contribution in [0.3, 0.4) is 0 Å². The van der Waals surface area contributed by atoms with Gasteiger partial charge in [0, 0.05) is 6.26 Å². The number of aromatic nitrogens is 2. The highest BCUT2D eigenvalue weighted by Crippen LogP contribution is 2.35. The molecule has 1 aromatic heterocycles. The van der Waals surface area contributed by atoms with Gasteiger partial charge in [0.15, 0.2) is 15.7 Å². The summed E-state index contributed by atoms with van der Waals surface area (Å²) in [5, 5.41) is 14.7. The Bertz CT molecular complexity index is 1010. The van der Waals surface area contributed by atoms with Crippen molar-refractivity contribution in [2.75, 3.05) is 11.6 Å². The number of amides is 1. The van der Waals surface area contributed by atoms with Gasteiger partial charge in [-0.05, 0) is 37.0 Å². The van der Waals surface area contributed by atoms with Crippen molar-refractivity contribution < 1.29 is 18.4 Å². The van der Waals surface area contributed by atoms with Crippen molar-refractivity contribution in [1.82, 2.24) is 9.97 Å². The summed E-state index contributed by atoms with van der Waals surface area (Å²) in [6.45, 7) is 1.60. The molecule has 1 aromatic carbocycles. The monoisotopic (exact) mass is 430 g/mol. The minimum atomic E-state index is -3.30. The normalized spacial score (nSPS) is 16.4. The fraction of sp³-hybridized carbons (Fsp3) is 0.429. The molecule has 1 aliphatic rings. The van der Waals surface area contributed by atoms with E-state index < -0.39 is 15.8 Å². The first kappa shape index (κ1) is 21.9. The minimum Gasteiger partial charge on any atom is -0.411 e. The zero-order chi connectivity index (χ0) is 21.7. The Hall–Kier alpha value is -2.81. The first-order valence-corrected chi connectivity index (χ1v) is 11.8. The van der Waals surface area contributed by atoms with Gasteiger partial charge in [0.1, 0.15) is 11.4 Å². The summed E-state index contributed by atoms with van der Waals surface area (Å²) in [4.78, 5) is 21.6. The molecule has 160 valence electrons. The fourth-order valence-electron chi connectivity index (χ4n) is 3.77. The van der Waals surface area contributed by atoms with Crippen LogP contribution in [0.25, 0.3) is 0 Å². The molecule has 1 atom stereocenters. The molecule has 1 amide bonds. The molecule has 0 bridgehead atoms. The molecule has 1 heterocycles. The van der Waals surface area contributed by atoms with Crippen LogP contribution in [0.5, 0.6) is 0 Å². The molecule has 1 fully saturated rings. The molecule has 30 heavy (non-hydrogen) atoms. The van der Waals surface area contributed by atoms with E-state index in [1.807, 2.05) is 0 Å². The van der Waals surface area contributed by atoms with Crippen LogP contribution in [-0.2, 0) is 14.6 Å². The van der Waals surface area contributed by atoms with Crippen molar-refractivity contribution in [2.24, 2.45) is 11.1 Å². The molecule has 2 N–H and O–H groups in total. The number of oxime groups is 1. The molecule has 3 rings (SSSR count). The van der Waals surface area contributed by atoms with Crippen LogP contribution in [0, 0.1) is 5.92 Å². The van der Waals surface area contributed by atoms with Crippen LogP contribution < -0.4 is 5.32 Å². The van der Waals surface area contributed by atoms with Gasteiger partial charge in [0.05, 0.1) is 23.2 Å². The summed E-state index contributed by atoms with van der Waals surface area (Å²) < 4.78 is 23.5. The van der Waals surface area contributed by atoms with Crippen LogP contribution in [0.4, 0.5) is 5.82 Å². The first-order chi connectivity index (χ1) is 14.3. The van der Waals surface area contributed by atoms with Gasteiger partial charge >= 0.3 is 0 Å². The van der Waals surface area contributed by atoms with Crippen molar-refractivity contribution in [3.05, 3.63) is 47.9 Å². The van der Waals surface area contributed by atoms with Crippen molar-refractivity contribution in [1.29, 1.82) is 0 Å².